The van der Waals surface area contributed by atoms with Gasteiger partial charge in [0.2, 0.25) is 5.88 Å². The summed E-state index contributed by atoms with van der Waals surface area (Å²) in [5.41, 5.74) is 5.06. The highest BCUT2D eigenvalue weighted by molar-refractivity contribution is 5.65. The fraction of sp³-hybridized carbons (Fsp3) is 0.143. The van der Waals surface area contributed by atoms with E-state index in [1.165, 1.54) is 0 Å². The highest BCUT2D eigenvalue weighted by atomic mass is 16.5. The van der Waals surface area contributed by atoms with Crippen molar-refractivity contribution in [2.45, 2.75) is 13.0 Å². The van der Waals surface area contributed by atoms with E-state index >= 15 is 0 Å². The Hall–Kier alpha value is -3.34. The molecule has 0 aliphatic heterocycles. The molecule has 0 saturated heterocycles. The summed E-state index contributed by atoms with van der Waals surface area (Å²) in [7, 11) is 1.64. The van der Waals surface area contributed by atoms with E-state index in [2.05, 4.69) is 46.5 Å². The normalized spacial score (nSPS) is 12.1. The highest BCUT2D eigenvalue weighted by Gasteiger charge is 2.12. The fourth-order valence-electron chi connectivity index (χ4n) is 3.04. The number of imidazole rings is 1. The van der Waals surface area contributed by atoms with Gasteiger partial charge in [-0.3, -0.25) is 0 Å². The zero-order chi connectivity index (χ0) is 17.9. The molecule has 1 atom stereocenters. The molecular formula is C21H20N4O. The Morgan fingerprint density at radius 1 is 1.04 bits per heavy atom. The lowest BCUT2D eigenvalue weighted by Crippen LogP contribution is -2.08. The molecule has 1 aromatic carbocycles. The number of methoxy groups -OCH3 is 1. The topological polar surface area (TPSA) is 51.5 Å². The monoisotopic (exact) mass is 344 g/mol. The highest BCUT2D eigenvalue weighted by Crippen LogP contribution is 2.27. The molecule has 4 rings (SSSR count). The quantitative estimate of drug-likeness (QED) is 0.576. The molecular weight excluding hydrogens is 324 g/mol. The largest absolute Gasteiger partial charge is 0.481 e. The lowest BCUT2D eigenvalue weighted by atomic mass is 10.1. The average molecular weight is 344 g/mol. The summed E-state index contributed by atoms with van der Waals surface area (Å²) in [5, 5.41) is 3.49. The van der Waals surface area contributed by atoms with Crippen molar-refractivity contribution in [1.82, 2.24) is 14.4 Å². The Morgan fingerprint density at radius 2 is 1.88 bits per heavy atom. The van der Waals surface area contributed by atoms with Gasteiger partial charge < -0.3 is 14.5 Å². The number of fused-ring (bicyclic) bond motifs is 1. The van der Waals surface area contributed by atoms with Crippen LogP contribution in [0.2, 0.25) is 0 Å². The maximum Gasteiger partial charge on any atom is 0.218 e. The second-order valence-electron chi connectivity index (χ2n) is 6.14. The summed E-state index contributed by atoms with van der Waals surface area (Å²) >= 11 is 0. The summed E-state index contributed by atoms with van der Waals surface area (Å²) in [4.78, 5) is 8.92. The van der Waals surface area contributed by atoms with Crippen LogP contribution in [0.4, 0.5) is 5.69 Å². The van der Waals surface area contributed by atoms with Gasteiger partial charge in [0.1, 0.15) is 5.65 Å². The molecule has 0 amide bonds. The van der Waals surface area contributed by atoms with Crippen LogP contribution < -0.4 is 10.1 Å². The number of nitrogens with zero attached hydrogens (tertiary/aromatic N) is 3. The van der Waals surface area contributed by atoms with Crippen LogP contribution in [-0.2, 0) is 0 Å². The van der Waals surface area contributed by atoms with Gasteiger partial charge in [-0.15, -0.1) is 0 Å². The molecule has 5 nitrogen and oxygen atoms in total. The van der Waals surface area contributed by atoms with Gasteiger partial charge in [0.25, 0.3) is 0 Å². The zero-order valence-corrected chi connectivity index (χ0v) is 14.8. The molecule has 0 bridgehead atoms. The summed E-state index contributed by atoms with van der Waals surface area (Å²) in [5.74, 6) is 0.647. The van der Waals surface area contributed by atoms with Crippen LogP contribution in [0.1, 0.15) is 18.5 Å². The van der Waals surface area contributed by atoms with Crippen molar-refractivity contribution in [1.29, 1.82) is 0 Å². The van der Waals surface area contributed by atoms with Crippen LogP contribution in [0.5, 0.6) is 5.88 Å². The molecule has 0 fully saturated rings. The van der Waals surface area contributed by atoms with E-state index < -0.39 is 0 Å². The predicted molar refractivity (Wildman–Crippen MR) is 103 cm³/mol. The third-order valence-electron chi connectivity index (χ3n) is 4.39. The standard InChI is InChI=1S/C21H20N4O/c1-15(18-6-5-12-22-21(18)26-2)23-17-10-8-16(9-11-17)19-14-25-13-4-3-7-20(25)24-19/h3-15,23H,1-2H3. The van der Waals surface area contributed by atoms with Crippen LogP contribution in [0, 0.1) is 0 Å². The minimum Gasteiger partial charge on any atom is -0.481 e. The minimum absolute atomic E-state index is 0.0830. The Bertz CT molecular complexity index is 991. The van der Waals surface area contributed by atoms with Crippen LogP contribution in [0.3, 0.4) is 0 Å². The van der Waals surface area contributed by atoms with Gasteiger partial charge in [-0.1, -0.05) is 24.3 Å². The van der Waals surface area contributed by atoms with Crippen molar-refractivity contribution in [3.8, 4) is 17.1 Å². The number of hydrogen-bond acceptors (Lipinski definition) is 4. The van der Waals surface area contributed by atoms with Gasteiger partial charge in [-0.25, -0.2) is 9.97 Å². The van der Waals surface area contributed by atoms with E-state index in [-0.39, 0.29) is 6.04 Å². The number of nitrogens with one attached hydrogen (secondary N) is 1. The molecule has 3 heterocycles. The first-order valence-corrected chi connectivity index (χ1v) is 8.54. The Morgan fingerprint density at radius 3 is 2.65 bits per heavy atom. The molecule has 0 spiro atoms. The molecule has 0 radical (unpaired) electrons. The van der Waals surface area contributed by atoms with Crippen molar-refractivity contribution in [3.05, 3.63) is 78.8 Å². The SMILES string of the molecule is COc1ncccc1C(C)Nc1ccc(-c2cn3ccccc3n2)cc1. The fourth-order valence-corrected chi connectivity index (χ4v) is 3.04. The van der Waals surface area contributed by atoms with Crippen LogP contribution in [0.15, 0.2) is 73.2 Å². The lowest BCUT2D eigenvalue weighted by Gasteiger charge is -2.17. The second kappa shape index (κ2) is 6.88. The molecule has 26 heavy (non-hydrogen) atoms. The van der Waals surface area contributed by atoms with Crippen molar-refractivity contribution in [3.63, 3.8) is 0 Å². The molecule has 1 unspecified atom stereocenters. The number of anilines is 1. The number of hydrogen-bond donors (Lipinski definition) is 1. The van der Waals surface area contributed by atoms with Gasteiger partial charge in [0.15, 0.2) is 0 Å². The second-order valence-corrected chi connectivity index (χ2v) is 6.14. The molecule has 0 saturated carbocycles. The number of benzene rings is 1. The Kier molecular flexibility index (Phi) is 4.27. The molecule has 0 aliphatic rings. The smallest absolute Gasteiger partial charge is 0.218 e. The first-order valence-electron chi connectivity index (χ1n) is 8.54. The van der Waals surface area contributed by atoms with Crippen molar-refractivity contribution < 1.29 is 4.74 Å². The number of rotatable bonds is 5. The first-order chi connectivity index (χ1) is 12.7. The van der Waals surface area contributed by atoms with E-state index in [1.807, 2.05) is 47.1 Å². The average Bonchev–Trinajstić information content (AvgIpc) is 3.12. The van der Waals surface area contributed by atoms with E-state index in [9.17, 15) is 0 Å². The zero-order valence-electron chi connectivity index (χ0n) is 14.8. The molecule has 0 aliphatic carbocycles. The van der Waals surface area contributed by atoms with Crippen LogP contribution in [0.25, 0.3) is 16.9 Å². The summed E-state index contributed by atoms with van der Waals surface area (Å²) < 4.78 is 7.37. The van der Waals surface area contributed by atoms with E-state index in [0.717, 1.165) is 28.2 Å². The van der Waals surface area contributed by atoms with Crippen LogP contribution >= 0.6 is 0 Å². The summed E-state index contributed by atoms with van der Waals surface area (Å²) in [6.07, 6.45) is 5.78. The lowest BCUT2D eigenvalue weighted by molar-refractivity contribution is 0.390. The van der Waals surface area contributed by atoms with Crippen molar-refractivity contribution in [2.24, 2.45) is 0 Å². The third kappa shape index (κ3) is 3.11. The van der Waals surface area contributed by atoms with Gasteiger partial charge >= 0.3 is 0 Å². The Balaban J connectivity index is 1.54. The van der Waals surface area contributed by atoms with Crippen molar-refractivity contribution in [2.75, 3.05) is 12.4 Å². The number of aromatic nitrogens is 3. The predicted octanol–water partition coefficient (Wildman–Crippen LogP) is 4.58. The van der Waals surface area contributed by atoms with Gasteiger partial charge in [-0.05, 0) is 37.3 Å². The van der Waals surface area contributed by atoms with Crippen LogP contribution in [-0.4, -0.2) is 21.5 Å². The van der Waals surface area contributed by atoms with Gasteiger partial charge in [0.05, 0.1) is 18.8 Å². The molecule has 3 aromatic heterocycles. The maximum atomic E-state index is 5.35. The summed E-state index contributed by atoms with van der Waals surface area (Å²) in [6, 6.07) is 18.3. The van der Waals surface area contributed by atoms with Gasteiger partial charge in [0, 0.05) is 35.4 Å². The number of ether oxygens (including phenoxy) is 1. The minimum atomic E-state index is 0.0830. The molecule has 130 valence electrons. The van der Waals surface area contributed by atoms with E-state index in [1.54, 1.807) is 13.3 Å². The van der Waals surface area contributed by atoms with E-state index in [0.29, 0.717) is 5.88 Å². The third-order valence-corrected chi connectivity index (χ3v) is 4.39. The molecule has 5 heteroatoms. The summed E-state index contributed by atoms with van der Waals surface area (Å²) in [6.45, 7) is 2.09. The first kappa shape index (κ1) is 16.1. The number of pyridine rings is 2. The molecule has 1 N–H and O–H groups in total. The molecule has 4 aromatic rings. The van der Waals surface area contributed by atoms with E-state index in [4.69, 9.17) is 4.74 Å². The van der Waals surface area contributed by atoms with Gasteiger partial charge in [-0.2, -0.15) is 0 Å². The maximum absolute atomic E-state index is 5.35. The Labute approximate surface area is 152 Å². The van der Waals surface area contributed by atoms with Crippen molar-refractivity contribution >= 4 is 11.3 Å².